The molecule has 4 aromatic carbocycles. The van der Waals surface area contributed by atoms with Crippen LogP contribution >= 0.6 is 11.6 Å². The molecule has 6 rings (SSSR count). The van der Waals surface area contributed by atoms with Crippen molar-refractivity contribution in [2.75, 3.05) is 26.7 Å². The maximum Gasteiger partial charge on any atom is 0.236 e. The summed E-state index contributed by atoms with van der Waals surface area (Å²) in [7, 11) is 1.47. The van der Waals surface area contributed by atoms with Crippen molar-refractivity contribution in [2.24, 2.45) is 29.2 Å². The summed E-state index contributed by atoms with van der Waals surface area (Å²) >= 11 is 6.07. The first-order valence-electron chi connectivity index (χ1n) is 23.7. The summed E-state index contributed by atoms with van der Waals surface area (Å²) in [4.78, 5) is 99.9. The number of nitrogens with two attached hydrogens (primary N) is 2. The molecule has 4 aromatic rings. The van der Waals surface area contributed by atoms with Crippen LogP contribution in [0.15, 0.2) is 97.2 Å². The Morgan fingerprint density at radius 3 is 2.20 bits per heavy atom. The number of fused-ring (bicyclic) bond motifs is 5. The number of nitrogens with one attached hydrogen (secondary N) is 2. The van der Waals surface area contributed by atoms with Gasteiger partial charge in [0, 0.05) is 78.0 Å². The fourth-order valence-electron chi connectivity index (χ4n) is 9.41. The SMILES string of the molecule is C=C(NCC(N)=O)[C@@H]1CCCN1C(=O)[C@H](C)CC(=O)[C@@H]1Cc2ccc(O)c(c2)-c2cc(ccc2O)[C@H](N(C)C(=O)[C@H](CCCCN)CC(=O)c2ccc(-c3ccc(Cl)cc3)cc2)C(=O)C[C@@H](C)C(=O)N1. The van der Waals surface area contributed by atoms with Crippen LogP contribution in [0, 0.1) is 17.8 Å². The molecule has 0 spiro atoms. The van der Waals surface area contributed by atoms with Gasteiger partial charge in [-0.2, -0.15) is 0 Å². The lowest BCUT2D eigenvalue weighted by molar-refractivity contribution is -0.142. The number of aromatic hydroxyl groups is 2. The van der Waals surface area contributed by atoms with Crippen LogP contribution in [0.3, 0.4) is 0 Å². The predicted molar refractivity (Wildman–Crippen MR) is 267 cm³/mol. The molecule has 2 aliphatic heterocycles. The highest BCUT2D eigenvalue weighted by Crippen LogP contribution is 2.40. The van der Waals surface area contributed by atoms with E-state index in [9.17, 15) is 43.8 Å². The minimum Gasteiger partial charge on any atom is -0.507 e. The first-order chi connectivity index (χ1) is 33.4. The molecular weight excluding hydrogens is 912 g/mol. The number of primary amides is 1. The van der Waals surface area contributed by atoms with E-state index in [0.29, 0.717) is 72.6 Å². The van der Waals surface area contributed by atoms with E-state index in [1.54, 1.807) is 55.1 Å². The maximum atomic E-state index is 14.8. The number of halogens is 1. The number of amides is 4. The van der Waals surface area contributed by atoms with Crippen LogP contribution in [-0.4, -0.2) is 99.8 Å². The zero-order valence-electron chi connectivity index (χ0n) is 39.9. The number of likely N-dealkylation sites (N-methyl/N-ethyl adjacent to an activating group) is 1. The molecule has 4 bridgehead atoms. The normalized spacial score (nSPS) is 19.0. The number of phenolic OH excluding ortho intramolecular Hbond substituents is 2. The van der Waals surface area contributed by atoms with Gasteiger partial charge in [0.2, 0.25) is 23.6 Å². The van der Waals surface area contributed by atoms with Crippen LogP contribution in [0.4, 0.5) is 0 Å². The number of benzene rings is 4. The van der Waals surface area contributed by atoms with Crippen LogP contribution in [0.1, 0.15) is 92.7 Å². The van der Waals surface area contributed by atoms with Crippen LogP contribution in [0.2, 0.25) is 5.02 Å². The van der Waals surface area contributed by atoms with E-state index in [4.69, 9.17) is 23.1 Å². The molecule has 15 nitrogen and oxygen atoms in total. The summed E-state index contributed by atoms with van der Waals surface area (Å²) in [6.07, 6.45) is 1.93. The molecule has 0 aromatic heterocycles. The number of hydrogen-bond acceptors (Lipinski definition) is 11. The lowest BCUT2D eigenvalue weighted by Crippen LogP contribution is -2.47. The van der Waals surface area contributed by atoms with Crippen molar-refractivity contribution in [3.8, 4) is 33.8 Å². The van der Waals surface area contributed by atoms with E-state index < -0.39 is 65.2 Å². The van der Waals surface area contributed by atoms with E-state index >= 15 is 0 Å². The van der Waals surface area contributed by atoms with Crippen LogP contribution < -0.4 is 22.1 Å². The van der Waals surface area contributed by atoms with Crippen molar-refractivity contribution in [1.29, 1.82) is 0 Å². The Morgan fingerprint density at radius 2 is 1.54 bits per heavy atom. The lowest BCUT2D eigenvalue weighted by Gasteiger charge is -2.32. The summed E-state index contributed by atoms with van der Waals surface area (Å²) < 4.78 is 0. The maximum absolute atomic E-state index is 14.8. The minimum atomic E-state index is -1.30. The zero-order chi connectivity index (χ0) is 50.8. The monoisotopic (exact) mass is 974 g/mol. The second-order valence-corrected chi connectivity index (χ2v) is 19.1. The molecule has 1 saturated heterocycles. The van der Waals surface area contributed by atoms with Gasteiger partial charge in [-0.25, -0.2) is 0 Å². The fourth-order valence-corrected chi connectivity index (χ4v) is 9.54. The summed E-state index contributed by atoms with van der Waals surface area (Å²) in [6, 6.07) is 20.5. The Labute approximate surface area is 413 Å². The van der Waals surface area contributed by atoms with Crippen molar-refractivity contribution < 1.29 is 43.8 Å². The van der Waals surface area contributed by atoms with E-state index in [-0.39, 0.29) is 66.5 Å². The highest BCUT2D eigenvalue weighted by atomic mass is 35.5. The van der Waals surface area contributed by atoms with Crippen LogP contribution in [-0.2, 0) is 35.2 Å². The quantitative estimate of drug-likeness (QED) is 0.0470. The molecule has 16 heteroatoms. The second kappa shape index (κ2) is 23.6. The Kier molecular flexibility index (Phi) is 17.7. The topological polar surface area (TPSA) is 243 Å². The van der Waals surface area contributed by atoms with Gasteiger partial charge in [-0.05, 0) is 97.3 Å². The number of Topliss-reactive ketones (excluding diaryl/α,β-unsaturated/α-hetero) is 3. The highest BCUT2D eigenvalue weighted by Gasteiger charge is 2.38. The summed E-state index contributed by atoms with van der Waals surface area (Å²) in [6.45, 7) is 7.84. The van der Waals surface area contributed by atoms with Crippen molar-refractivity contribution in [3.05, 3.63) is 119 Å². The third-order valence-electron chi connectivity index (χ3n) is 13.4. The number of likely N-dealkylation sites (tertiary alicyclic amines) is 1. The van der Waals surface area contributed by atoms with Gasteiger partial charge in [-0.15, -0.1) is 0 Å². The number of rotatable bonds is 18. The van der Waals surface area contributed by atoms with Crippen LogP contribution in [0.25, 0.3) is 22.3 Å². The van der Waals surface area contributed by atoms with Gasteiger partial charge in [0.1, 0.15) is 17.5 Å². The first kappa shape index (κ1) is 52.5. The Morgan fingerprint density at radius 1 is 0.900 bits per heavy atom. The van der Waals surface area contributed by atoms with Gasteiger partial charge in [-0.1, -0.05) is 87.0 Å². The lowest BCUT2D eigenvalue weighted by atomic mass is 9.87. The van der Waals surface area contributed by atoms with Gasteiger partial charge in [0.15, 0.2) is 17.3 Å². The van der Waals surface area contributed by atoms with Gasteiger partial charge in [-0.3, -0.25) is 33.6 Å². The predicted octanol–water partition coefficient (Wildman–Crippen LogP) is 6.41. The third kappa shape index (κ3) is 12.9. The minimum absolute atomic E-state index is 0.0450. The molecule has 4 amide bonds. The summed E-state index contributed by atoms with van der Waals surface area (Å²) in [5, 5.41) is 28.8. The number of ketones is 3. The third-order valence-corrected chi connectivity index (χ3v) is 13.6. The molecule has 370 valence electrons. The highest BCUT2D eigenvalue weighted by molar-refractivity contribution is 6.30. The molecule has 2 aliphatic rings. The number of phenols is 2. The molecular formula is C54H63ClN6O9. The molecule has 0 radical (unpaired) electrons. The average Bonchev–Trinajstić information content (AvgIpc) is 3.83. The molecule has 70 heavy (non-hydrogen) atoms. The molecule has 0 aliphatic carbocycles. The second-order valence-electron chi connectivity index (χ2n) is 18.6. The largest absolute Gasteiger partial charge is 0.507 e. The van der Waals surface area contributed by atoms with E-state index in [1.165, 1.54) is 36.2 Å². The number of nitrogens with zero attached hydrogens (tertiary/aromatic N) is 2. The van der Waals surface area contributed by atoms with Crippen molar-refractivity contribution >= 4 is 52.6 Å². The number of unbranched alkanes of at least 4 members (excludes halogenated alkanes) is 1. The van der Waals surface area contributed by atoms with E-state index in [2.05, 4.69) is 17.2 Å². The Hall–Kier alpha value is -6.84. The molecule has 0 unspecified atom stereocenters. The number of hydrogen-bond donors (Lipinski definition) is 6. The van der Waals surface area contributed by atoms with Gasteiger partial charge < -0.3 is 42.1 Å². The van der Waals surface area contributed by atoms with E-state index in [1.807, 2.05) is 24.3 Å². The Balaban J connectivity index is 1.27. The molecule has 6 atom stereocenters. The summed E-state index contributed by atoms with van der Waals surface area (Å²) in [5.74, 6) is -6.32. The van der Waals surface area contributed by atoms with Crippen molar-refractivity contribution in [1.82, 2.24) is 20.4 Å². The van der Waals surface area contributed by atoms with Crippen molar-refractivity contribution in [3.63, 3.8) is 0 Å². The van der Waals surface area contributed by atoms with Gasteiger partial charge >= 0.3 is 0 Å². The molecule has 1 fully saturated rings. The fraction of sp³-hybridized carbons (Fsp3) is 0.389. The average molecular weight is 976 g/mol. The van der Waals surface area contributed by atoms with Gasteiger partial charge in [0.05, 0.1) is 18.6 Å². The Bertz CT molecular complexity index is 2620. The first-order valence-corrected chi connectivity index (χ1v) is 24.1. The smallest absolute Gasteiger partial charge is 0.236 e. The van der Waals surface area contributed by atoms with Crippen molar-refractivity contribution in [2.45, 2.75) is 89.8 Å². The van der Waals surface area contributed by atoms with Crippen LogP contribution in [0.5, 0.6) is 11.5 Å². The standard InChI is InChI=1S/C54H63ClN6O9/c1-31-24-49(66)51(60(4)54(70)39(8-5-6-22-56)29-47(64)37-13-11-35(12-14-37)36-15-18-40(55)19-16-36)38-17-21-46(63)42(28-38)41-26-34(10-20-45(41)62)27-43(59-52(31)68)48(65)25-32(2)53(69)61-23-7-9-44(61)33(3)58-30-50(57)67/h10-21,26,28,31-32,39,43-44,51,58,62-63H,3,5-9,22-25,27,29-30,56H2,1-2,4H3,(H2,57,67)(H,59,68)/t31-,32-,39-,43+,44+,51+/m1/s1. The molecule has 2 heterocycles. The number of carbonyl (C=O) groups excluding carboxylic acids is 7. The number of carbonyl (C=O) groups is 7. The molecule has 8 N–H and O–H groups in total. The molecule has 0 saturated carbocycles. The van der Waals surface area contributed by atoms with E-state index in [0.717, 1.165) is 11.1 Å². The summed E-state index contributed by atoms with van der Waals surface area (Å²) in [5.41, 5.74) is 14.9. The van der Waals surface area contributed by atoms with Gasteiger partial charge in [0.25, 0.3) is 0 Å². The zero-order valence-corrected chi connectivity index (χ0v) is 40.7.